The maximum atomic E-state index is 12.2. The van der Waals surface area contributed by atoms with E-state index in [-0.39, 0.29) is 12.3 Å². The number of fused-ring (bicyclic) bond motifs is 1. The summed E-state index contributed by atoms with van der Waals surface area (Å²) < 4.78 is 2.10. The number of hydrogen-bond donors (Lipinski definition) is 1. The average Bonchev–Trinajstić information content (AvgIpc) is 2.98. The Hall–Kier alpha value is -3.13. The molecule has 5 heteroatoms. The maximum Gasteiger partial charge on any atom is 0.228 e. The SMILES string of the molecule is CC(C)n1cnc2cc(CC(=O)Nc3cccc(C#N)c3)ccc21. The van der Waals surface area contributed by atoms with Crippen LogP contribution in [0, 0.1) is 11.3 Å². The zero-order valence-electron chi connectivity index (χ0n) is 13.7. The number of carbonyl (C=O) groups is 1. The second-order valence-corrected chi connectivity index (χ2v) is 5.99. The van der Waals surface area contributed by atoms with Gasteiger partial charge in [-0.25, -0.2) is 4.98 Å². The summed E-state index contributed by atoms with van der Waals surface area (Å²) in [5.41, 5.74) is 4.01. The first kappa shape index (κ1) is 15.8. The Kier molecular flexibility index (Phi) is 4.30. The lowest BCUT2D eigenvalue weighted by molar-refractivity contribution is -0.115. The molecule has 0 unspecified atom stereocenters. The molecule has 2 aromatic carbocycles. The first-order chi connectivity index (χ1) is 11.6. The molecular formula is C19H18N4O. The minimum Gasteiger partial charge on any atom is -0.328 e. The quantitative estimate of drug-likeness (QED) is 0.798. The van der Waals surface area contributed by atoms with E-state index in [1.54, 1.807) is 24.3 Å². The molecular weight excluding hydrogens is 300 g/mol. The molecule has 0 aliphatic carbocycles. The van der Waals surface area contributed by atoms with Gasteiger partial charge in [-0.2, -0.15) is 5.26 Å². The Balaban J connectivity index is 1.74. The van der Waals surface area contributed by atoms with Gasteiger partial charge in [0.05, 0.1) is 35.4 Å². The summed E-state index contributed by atoms with van der Waals surface area (Å²) in [5, 5.41) is 11.7. The lowest BCUT2D eigenvalue weighted by Crippen LogP contribution is -2.14. The van der Waals surface area contributed by atoms with Crippen LogP contribution in [-0.2, 0) is 11.2 Å². The fourth-order valence-corrected chi connectivity index (χ4v) is 2.66. The van der Waals surface area contributed by atoms with Gasteiger partial charge in [0.2, 0.25) is 5.91 Å². The highest BCUT2D eigenvalue weighted by molar-refractivity contribution is 5.93. The summed E-state index contributed by atoms with van der Waals surface area (Å²) in [6.07, 6.45) is 2.09. The first-order valence-corrected chi connectivity index (χ1v) is 7.82. The predicted octanol–water partition coefficient (Wildman–Crippen LogP) is 3.67. The van der Waals surface area contributed by atoms with E-state index in [0.717, 1.165) is 16.6 Å². The van der Waals surface area contributed by atoms with Crippen molar-refractivity contribution >= 4 is 22.6 Å². The highest BCUT2D eigenvalue weighted by Gasteiger charge is 2.09. The number of aromatic nitrogens is 2. The third-order valence-electron chi connectivity index (χ3n) is 3.84. The molecule has 0 aliphatic heterocycles. The molecule has 3 aromatic rings. The average molecular weight is 318 g/mol. The van der Waals surface area contributed by atoms with Gasteiger partial charge in [-0.15, -0.1) is 0 Å². The van der Waals surface area contributed by atoms with Gasteiger partial charge in [0.1, 0.15) is 0 Å². The Morgan fingerprint density at radius 2 is 2.12 bits per heavy atom. The predicted molar refractivity (Wildman–Crippen MR) is 93.6 cm³/mol. The minimum absolute atomic E-state index is 0.118. The Bertz CT molecular complexity index is 934. The van der Waals surface area contributed by atoms with Crippen LogP contribution in [0.4, 0.5) is 5.69 Å². The molecule has 1 amide bonds. The number of carbonyl (C=O) groups excluding carboxylic acids is 1. The van der Waals surface area contributed by atoms with E-state index >= 15 is 0 Å². The van der Waals surface area contributed by atoms with Crippen LogP contribution in [0.25, 0.3) is 11.0 Å². The van der Waals surface area contributed by atoms with E-state index < -0.39 is 0 Å². The number of anilines is 1. The molecule has 1 N–H and O–H groups in total. The third kappa shape index (κ3) is 3.28. The van der Waals surface area contributed by atoms with Gasteiger partial charge < -0.3 is 9.88 Å². The number of benzene rings is 2. The summed E-state index contributed by atoms with van der Waals surface area (Å²) in [6, 6.07) is 15.2. The van der Waals surface area contributed by atoms with Crippen LogP contribution in [0.5, 0.6) is 0 Å². The highest BCUT2D eigenvalue weighted by Crippen LogP contribution is 2.19. The fraction of sp³-hybridized carbons (Fsp3) is 0.211. The Morgan fingerprint density at radius 3 is 2.88 bits per heavy atom. The van der Waals surface area contributed by atoms with E-state index in [9.17, 15) is 4.79 Å². The molecule has 3 rings (SSSR count). The summed E-state index contributed by atoms with van der Waals surface area (Å²) in [6.45, 7) is 4.22. The van der Waals surface area contributed by atoms with E-state index in [0.29, 0.717) is 17.3 Å². The second kappa shape index (κ2) is 6.55. The molecule has 0 atom stereocenters. The molecule has 0 aliphatic rings. The van der Waals surface area contributed by atoms with Gasteiger partial charge in [0, 0.05) is 11.7 Å². The third-order valence-corrected chi connectivity index (χ3v) is 3.84. The molecule has 0 saturated heterocycles. The smallest absolute Gasteiger partial charge is 0.228 e. The van der Waals surface area contributed by atoms with Gasteiger partial charge in [-0.05, 0) is 49.7 Å². The molecule has 1 heterocycles. The number of nitrogens with one attached hydrogen (secondary N) is 1. The van der Waals surface area contributed by atoms with Crippen LogP contribution in [0.2, 0.25) is 0 Å². The number of nitriles is 1. The minimum atomic E-state index is -0.118. The van der Waals surface area contributed by atoms with Crippen LogP contribution >= 0.6 is 0 Å². The number of nitrogens with zero attached hydrogens (tertiary/aromatic N) is 3. The lowest BCUT2D eigenvalue weighted by Gasteiger charge is -2.08. The van der Waals surface area contributed by atoms with Crippen molar-refractivity contribution in [1.29, 1.82) is 5.26 Å². The van der Waals surface area contributed by atoms with Crippen molar-refractivity contribution in [3.8, 4) is 6.07 Å². The number of amides is 1. The van der Waals surface area contributed by atoms with Crippen molar-refractivity contribution < 1.29 is 4.79 Å². The van der Waals surface area contributed by atoms with Gasteiger partial charge in [-0.1, -0.05) is 12.1 Å². The van der Waals surface area contributed by atoms with Crippen LogP contribution in [0.1, 0.15) is 31.0 Å². The molecule has 0 radical (unpaired) electrons. The van der Waals surface area contributed by atoms with Gasteiger partial charge in [-0.3, -0.25) is 4.79 Å². The Labute approximate surface area is 140 Å². The molecule has 120 valence electrons. The second-order valence-electron chi connectivity index (χ2n) is 5.99. The van der Waals surface area contributed by atoms with Crippen LogP contribution < -0.4 is 5.32 Å². The van der Waals surface area contributed by atoms with Crippen molar-refractivity contribution in [2.45, 2.75) is 26.3 Å². The van der Waals surface area contributed by atoms with Crippen LogP contribution in [0.3, 0.4) is 0 Å². The van der Waals surface area contributed by atoms with Crippen LogP contribution in [-0.4, -0.2) is 15.5 Å². The molecule has 0 bridgehead atoms. The maximum absolute atomic E-state index is 12.2. The molecule has 0 saturated carbocycles. The standard InChI is InChI=1S/C19H18N4O/c1-13(2)23-12-21-17-9-14(6-7-18(17)23)10-19(24)22-16-5-3-4-15(8-16)11-20/h3-9,12-13H,10H2,1-2H3,(H,22,24). The van der Waals surface area contributed by atoms with Crippen LogP contribution in [0.15, 0.2) is 48.8 Å². The van der Waals surface area contributed by atoms with E-state index in [1.807, 2.05) is 24.5 Å². The lowest BCUT2D eigenvalue weighted by atomic mass is 10.1. The fourth-order valence-electron chi connectivity index (χ4n) is 2.66. The highest BCUT2D eigenvalue weighted by atomic mass is 16.1. The zero-order valence-corrected chi connectivity index (χ0v) is 13.7. The normalized spacial score (nSPS) is 10.8. The van der Waals surface area contributed by atoms with Crippen molar-refractivity contribution in [2.24, 2.45) is 0 Å². The first-order valence-electron chi connectivity index (χ1n) is 7.82. The summed E-state index contributed by atoms with van der Waals surface area (Å²) in [5.74, 6) is -0.118. The molecule has 0 fully saturated rings. The van der Waals surface area contributed by atoms with Gasteiger partial charge in [0.15, 0.2) is 0 Å². The van der Waals surface area contributed by atoms with Gasteiger partial charge >= 0.3 is 0 Å². The van der Waals surface area contributed by atoms with Gasteiger partial charge in [0.25, 0.3) is 0 Å². The number of hydrogen-bond acceptors (Lipinski definition) is 3. The van der Waals surface area contributed by atoms with Crippen molar-refractivity contribution in [3.05, 3.63) is 59.9 Å². The summed E-state index contributed by atoms with van der Waals surface area (Å²) in [7, 11) is 0. The number of imidazole rings is 1. The van der Waals surface area contributed by atoms with E-state index in [4.69, 9.17) is 5.26 Å². The molecule has 5 nitrogen and oxygen atoms in total. The van der Waals surface area contributed by atoms with Crippen molar-refractivity contribution in [1.82, 2.24) is 9.55 Å². The molecule has 24 heavy (non-hydrogen) atoms. The topological polar surface area (TPSA) is 70.7 Å². The summed E-state index contributed by atoms with van der Waals surface area (Å²) in [4.78, 5) is 16.6. The van der Waals surface area contributed by atoms with Crippen molar-refractivity contribution in [2.75, 3.05) is 5.32 Å². The monoisotopic (exact) mass is 318 g/mol. The largest absolute Gasteiger partial charge is 0.328 e. The zero-order chi connectivity index (χ0) is 17.1. The van der Waals surface area contributed by atoms with Crippen molar-refractivity contribution in [3.63, 3.8) is 0 Å². The molecule has 1 aromatic heterocycles. The van der Waals surface area contributed by atoms with E-state index in [2.05, 4.69) is 34.8 Å². The Morgan fingerprint density at radius 1 is 1.29 bits per heavy atom. The number of rotatable bonds is 4. The molecule has 0 spiro atoms. The van der Waals surface area contributed by atoms with E-state index in [1.165, 1.54) is 0 Å². The summed E-state index contributed by atoms with van der Waals surface area (Å²) >= 11 is 0.